The summed E-state index contributed by atoms with van der Waals surface area (Å²) in [7, 11) is 0. The van der Waals surface area contributed by atoms with Crippen LogP contribution in [-0.4, -0.2) is 0 Å². The Morgan fingerprint density at radius 3 is 2.61 bits per heavy atom. The normalized spacial score (nSPS) is 9.89. The molecule has 3 heteroatoms. The van der Waals surface area contributed by atoms with Crippen LogP contribution < -0.4 is 4.74 Å². The van der Waals surface area contributed by atoms with Gasteiger partial charge in [-0.05, 0) is 37.1 Å². The molecule has 18 heavy (non-hydrogen) atoms. The number of benzene rings is 2. The molecule has 0 N–H and O–H groups in total. The van der Waals surface area contributed by atoms with E-state index in [-0.39, 0.29) is 5.82 Å². The largest absolute Gasteiger partial charge is 0.455 e. The third-order valence-corrected chi connectivity index (χ3v) is 2.69. The monoisotopic (exact) mass is 241 g/mol. The summed E-state index contributed by atoms with van der Waals surface area (Å²) in [5, 5.41) is 9.04. The van der Waals surface area contributed by atoms with Crippen LogP contribution >= 0.6 is 0 Å². The highest BCUT2D eigenvalue weighted by Crippen LogP contribution is 2.30. The van der Waals surface area contributed by atoms with Gasteiger partial charge in [0.2, 0.25) is 0 Å². The van der Waals surface area contributed by atoms with Crippen molar-refractivity contribution < 1.29 is 9.13 Å². The highest BCUT2D eigenvalue weighted by atomic mass is 19.1. The maximum Gasteiger partial charge on any atom is 0.148 e. The molecule has 0 aliphatic rings. The summed E-state index contributed by atoms with van der Waals surface area (Å²) < 4.78 is 18.9. The fraction of sp³-hybridized carbons (Fsp3) is 0.133. The van der Waals surface area contributed by atoms with Gasteiger partial charge in [-0.1, -0.05) is 18.2 Å². The molecular weight excluding hydrogens is 229 g/mol. The Morgan fingerprint density at radius 2 is 1.89 bits per heavy atom. The molecule has 0 atom stereocenters. The number of hydrogen-bond acceptors (Lipinski definition) is 2. The second-order valence-corrected chi connectivity index (χ2v) is 4.08. The third-order valence-electron chi connectivity index (χ3n) is 2.69. The zero-order valence-electron chi connectivity index (χ0n) is 10.2. The molecule has 0 saturated carbocycles. The molecule has 0 radical (unpaired) electrons. The summed E-state index contributed by atoms with van der Waals surface area (Å²) >= 11 is 0. The zero-order chi connectivity index (χ0) is 13.1. The second-order valence-electron chi connectivity index (χ2n) is 4.08. The fourth-order valence-electron chi connectivity index (χ4n) is 1.67. The number of nitrogens with zero attached hydrogens (tertiary/aromatic N) is 1. The van der Waals surface area contributed by atoms with E-state index in [1.807, 2.05) is 19.9 Å². The third kappa shape index (κ3) is 2.33. The van der Waals surface area contributed by atoms with Crippen LogP contribution in [0.4, 0.5) is 4.39 Å². The Bertz CT molecular complexity index is 629. The molecule has 0 unspecified atom stereocenters. The SMILES string of the molecule is Cc1ccc(F)cc1Oc1c(C)cccc1C#N. The number of nitriles is 1. The lowest BCUT2D eigenvalue weighted by atomic mass is 10.1. The summed E-state index contributed by atoms with van der Waals surface area (Å²) in [5.41, 5.74) is 2.11. The van der Waals surface area contributed by atoms with Gasteiger partial charge in [-0.2, -0.15) is 5.26 Å². The molecule has 0 amide bonds. The van der Waals surface area contributed by atoms with Gasteiger partial charge in [-0.15, -0.1) is 0 Å². The van der Waals surface area contributed by atoms with Gasteiger partial charge in [0.15, 0.2) is 0 Å². The van der Waals surface area contributed by atoms with E-state index in [0.717, 1.165) is 11.1 Å². The highest BCUT2D eigenvalue weighted by Gasteiger charge is 2.10. The van der Waals surface area contributed by atoms with Crippen LogP contribution in [0.25, 0.3) is 0 Å². The lowest BCUT2D eigenvalue weighted by Gasteiger charge is -2.12. The summed E-state index contributed by atoms with van der Waals surface area (Å²) in [6.45, 7) is 3.68. The lowest BCUT2D eigenvalue weighted by Crippen LogP contribution is -1.94. The van der Waals surface area contributed by atoms with Crippen LogP contribution in [0.1, 0.15) is 16.7 Å². The fourth-order valence-corrected chi connectivity index (χ4v) is 1.67. The number of halogens is 1. The van der Waals surface area contributed by atoms with Crippen LogP contribution in [0, 0.1) is 31.0 Å². The van der Waals surface area contributed by atoms with E-state index >= 15 is 0 Å². The standard InChI is InChI=1S/C15H12FNO/c1-10-6-7-13(16)8-14(10)18-15-11(2)4-3-5-12(15)9-17/h3-8H,1-2H3. The predicted molar refractivity (Wildman–Crippen MR) is 67.1 cm³/mol. The number of ether oxygens (including phenoxy) is 1. The first-order chi connectivity index (χ1) is 8.61. The van der Waals surface area contributed by atoms with Crippen LogP contribution in [0.2, 0.25) is 0 Å². The van der Waals surface area contributed by atoms with Crippen molar-refractivity contribution in [1.82, 2.24) is 0 Å². The van der Waals surface area contributed by atoms with E-state index in [9.17, 15) is 4.39 Å². The topological polar surface area (TPSA) is 33.0 Å². The van der Waals surface area contributed by atoms with Gasteiger partial charge in [0.25, 0.3) is 0 Å². The first-order valence-corrected chi connectivity index (χ1v) is 5.55. The molecule has 0 saturated heterocycles. The molecule has 2 nitrogen and oxygen atoms in total. The van der Waals surface area contributed by atoms with Gasteiger partial charge >= 0.3 is 0 Å². The predicted octanol–water partition coefficient (Wildman–Crippen LogP) is 4.11. The lowest BCUT2D eigenvalue weighted by molar-refractivity contribution is 0.468. The Morgan fingerprint density at radius 1 is 1.11 bits per heavy atom. The van der Waals surface area contributed by atoms with Crippen LogP contribution in [0.3, 0.4) is 0 Å². The van der Waals surface area contributed by atoms with E-state index in [1.54, 1.807) is 18.2 Å². The van der Waals surface area contributed by atoms with Crippen molar-refractivity contribution in [2.24, 2.45) is 0 Å². The number of hydrogen-bond donors (Lipinski definition) is 0. The number of rotatable bonds is 2. The minimum atomic E-state index is -0.359. The van der Waals surface area contributed by atoms with Crippen molar-refractivity contribution in [1.29, 1.82) is 5.26 Å². The molecule has 0 aromatic heterocycles. The van der Waals surface area contributed by atoms with Gasteiger partial charge in [0.05, 0.1) is 5.56 Å². The number of para-hydroxylation sites is 1. The van der Waals surface area contributed by atoms with E-state index in [0.29, 0.717) is 17.1 Å². The minimum Gasteiger partial charge on any atom is -0.455 e. The molecule has 0 aliphatic carbocycles. The van der Waals surface area contributed by atoms with E-state index in [4.69, 9.17) is 10.00 Å². The Kier molecular flexibility index (Phi) is 3.29. The van der Waals surface area contributed by atoms with Crippen molar-refractivity contribution >= 4 is 0 Å². The maximum absolute atomic E-state index is 13.2. The molecule has 2 aromatic rings. The molecular formula is C15H12FNO. The summed E-state index contributed by atoms with van der Waals surface area (Å²) in [6.07, 6.45) is 0. The van der Waals surface area contributed by atoms with Crippen LogP contribution in [0.5, 0.6) is 11.5 Å². The molecule has 90 valence electrons. The van der Waals surface area contributed by atoms with E-state index in [1.165, 1.54) is 12.1 Å². The van der Waals surface area contributed by atoms with Crippen molar-refractivity contribution in [3.8, 4) is 17.6 Å². The summed E-state index contributed by atoms with van der Waals surface area (Å²) in [4.78, 5) is 0. The Labute approximate surface area is 105 Å². The number of aryl methyl sites for hydroxylation is 2. The van der Waals surface area contributed by atoms with E-state index < -0.39 is 0 Å². The van der Waals surface area contributed by atoms with Crippen molar-refractivity contribution in [3.63, 3.8) is 0 Å². The molecule has 0 aliphatic heterocycles. The maximum atomic E-state index is 13.2. The van der Waals surface area contributed by atoms with Crippen molar-refractivity contribution in [3.05, 3.63) is 58.9 Å². The average Bonchev–Trinajstić information content (AvgIpc) is 2.36. The average molecular weight is 241 g/mol. The summed E-state index contributed by atoms with van der Waals surface area (Å²) in [6, 6.07) is 11.7. The summed E-state index contributed by atoms with van der Waals surface area (Å²) in [5.74, 6) is 0.553. The first-order valence-electron chi connectivity index (χ1n) is 5.55. The van der Waals surface area contributed by atoms with Gasteiger partial charge in [0, 0.05) is 6.07 Å². The quantitative estimate of drug-likeness (QED) is 0.792. The first kappa shape index (κ1) is 12.1. The molecule has 0 bridgehead atoms. The molecule has 2 rings (SSSR count). The van der Waals surface area contributed by atoms with Crippen LogP contribution in [0.15, 0.2) is 36.4 Å². The zero-order valence-corrected chi connectivity index (χ0v) is 10.2. The molecule has 0 heterocycles. The molecule has 0 spiro atoms. The molecule has 0 fully saturated rings. The van der Waals surface area contributed by atoms with Gasteiger partial charge in [0.1, 0.15) is 23.4 Å². The smallest absolute Gasteiger partial charge is 0.148 e. The minimum absolute atomic E-state index is 0.359. The van der Waals surface area contributed by atoms with Crippen LogP contribution in [-0.2, 0) is 0 Å². The second kappa shape index (κ2) is 4.89. The van der Waals surface area contributed by atoms with Gasteiger partial charge in [-0.25, -0.2) is 4.39 Å². The van der Waals surface area contributed by atoms with Crippen molar-refractivity contribution in [2.45, 2.75) is 13.8 Å². The Hall–Kier alpha value is -2.34. The van der Waals surface area contributed by atoms with Gasteiger partial charge in [-0.3, -0.25) is 0 Å². The van der Waals surface area contributed by atoms with Crippen molar-refractivity contribution in [2.75, 3.05) is 0 Å². The van der Waals surface area contributed by atoms with Gasteiger partial charge < -0.3 is 4.74 Å². The van der Waals surface area contributed by atoms with E-state index in [2.05, 4.69) is 6.07 Å². The highest BCUT2D eigenvalue weighted by molar-refractivity contribution is 5.50. The Balaban J connectivity index is 2.46. The molecule has 2 aromatic carbocycles.